The van der Waals surface area contributed by atoms with Crippen LogP contribution in [0.5, 0.6) is 0 Å². The van der Waals surface area contributed by atoms with E-state index in [4.69, 9.17) is 0 Å². The van der Waals surface area contributed by atoms with Gasteiger partial charge in [0.15, 0.2) is 0 Å². The quantitative estimate of drug-likeness (QED) is 0.475. The first-order chi connectivity index (χ1) is 7.59. The zero-order valence-electron chi connectivity index (χ0n) is 8.30. The second-order valence-electron chi connectivity index (χ2n) is 3.55. The van der Waals surface area contributed by atoms with Crippen LogP contribution in [0.4, 0.5) is 11.4 Å². The largest absolute Gasteiger partial charge is 0.305 e. The number of amides is 1. The second kappa shape index (κ2) is 4.21. The number of halogens is 1. The molecule has 0 bridgehead atoms. The summed E-state index contributed by atoms with van der Waals surface area (Å²) in [5.74, 6) is -0.0869. The van der Waals surface area contributed by atoms with Crippen molar-refractivity contribution in [1.29, 1.82) is 0 Å². The molecule has 0 aromatic heterocycles. The fourth-order valence-electron chi connectivity index (χ4n) is 1.74. The predicted octanol–water partition coefficient (Wildman–Crippen LogP) is 2.10. The van der Waals surface area contributed by atoms with Gasteiger partial charge in [-0.05, 0) is 6.07 Å². The average Bonchev–Trinajstić information content (AvgIpc) is 2.57. The molecule has 1 heterocycles. The molecule has 1 aliphatic rings. The number of para-hydroxylation sites is 2. The molecule has 1 aromatic carbocycles. The highest BCUT2D eigenvalue weighted by Gasteiger charge is 2.32. The van der Waals surface area contributed by atoms with Crippen molar-refractivity contribution in [3.63, 3.8) is 0 Å². The van der Waals surface area contributed by atoms with Crippen LogP contribution in [0, 0.1) is 10.1 Å². The van der Waals surface area contributed by atoms with E-state index in [1.807, 2.05) is 0 Å². The van der Waals surface area contributed by atoms with Crippen LogP contribution >= 0.6 is 15.9 Å². The molecule has 0 N–H and O–H groups in total. The van der Waals surface area contributed by atoms with Gasteiger partial charge in [-0.15, -0.1) is 0 Å². The number of nitro benzene ring substituents is 1. The van der Waals surface area contributed by atoms with Crippen LogP contribution in [0.2, 0.25) is 0 Å². The Balaban J connectivity index is 2.40. The molecule has 0 saturated carbocycles. The molecule has 0 aliphatic carbocycles. The molecule has 1 amide bonds. The topological polar surface area (TPSA) is 63.5 Å². The summed E-state index contributed by atoms with van der Waals surface area (Å²) in [7, 11) is 0. The van der Waals surface area contributed by atoms with E-state index < -0.39 is 4.92 Å². The fraction of sp³-hybridized carbons (Fsp3) is 0.300. The summed E-state index contributed by atoms with van der Waals surface area (Å²) in [6.07, 6.45) is 0.381. The zero-order chi connectivity index (χ0) is 11.7. The van der Waals surface area contributed by atoms with Gasteiger partial charge >= 0.3 is 0 Å². The van der Waals surface area contributed by atoms with Crippen LogP contribution in [0.25, 0.3) is 0 Å². The number of hydrogen-bond acceptors (Lipinski definition) is 3. The number of nitro groups is 1. The van der Waals surface area contributed by atoms with Crippen molar-refractivity contribution >= 4 is 33.2 Å². The lowest BCUT2D eigenvalue weighted by atomic mass is 10.2. The van der Waals surface area contributed by atoms with Crippen molar-refractivity contribution in [1.82, 2.24) is 0 Å². The maximum Gasteiger partial charge on any atom is 0.292 e. The van der Waals surface area contributed by atoms with E-state index in [1.54, 1.807) is 18.2 Å². The number of rotatable bonds is 2. The first-order valence-electron chi connectivity index (χ1n) is 4.77. The number of benzene rings is 1. The lowest BCUT2D eigenvalue weighted by Crippen LogP contribution is -2.25. The molecule has 2 rings (SSSR count). The van der Waals surface area contributed by atoms with Crippen molar-refractivity contribution in [2.75, 3.05) is 11.4 Å². The molecule has 5 nitrogen and oxygen atoms in total. The van der Waals surface area contributed by atoms with Gasteiger partial charge in [0.05, 0.1) is 4.92 Å². The van der Waals surface area contributed by atoms with Crippen LogP contribution in [-0.4, -0.2) is 22.2 Å². The summed E-state index contributed by atoms with van der Waals surface area (Å²) in [5, 5.41) is 10.8. The summed E-state index contributed by atoms with van der Waals surface area (Å²) in [6.45, 7) is 0.476. The summed E-state index contributed by atoms with van der Waals surface area (Å²) >= 11 is 3.35. The summed E-state index contributed by atoms with van der Waals surface area (Å²) in [5.41, 5.74) is 0.344. The number of carbonyl (C=O) groups excluding carboxylic acids is 1. The van der Waals surface area contributed by atoms with Gasteiger partial charge in [-0.2, -0.15) is 0 Å². The van der Waals surface area contributed by atoms with Crippen molar-refractivity contribution in [3.05, 3.63) is 34.4 Å². The standard InChI is InChI=1S/C10H9BrN2O3/c11-7-5-10(14)12(6-7)8-3-1-2-4-9(8)13(15)16/h1-4,7H,5-6H2. The third-order valence-corrected chi connectivity index (χ3v) is 3.06. The number of hydrogen-bond donors (Lipinski definition) is 0. The third kappa shape index (κ3) is 1.92. The Kier molecular flexibility index (Phi) is 2.91. The molecule has 0 radical (unpaired) electrons. The van der Waals surface area contributed by atoms with E-state index in [1.165, 1.54) is 11.0 Å². The van der Waals surface area contributed by atoms with Crippen LogP contribution in [0.15, 0.2) is 24.3 Å². The highest BCUT2D eigenvalue weighted by atomic mass is 79.9. The number of alkyl halides is 1. The van der Waals surface area contributed by atoms with E-state index in [0.717, 1.165) is 0 Å². The minimum atomic E-state index is -0.468. The molecule has 6 heteroatoms. The molecule has 0 spiro atoms. The average molecular weight is 285 g/mol. The van der Waals surface area contributed by atoms with Gasteiger partial charge < -0.3 is 4.90 Å². The van der Waals surface area contributed by atoms with Gasteiger partial charge in [0.25, 0.3) is 5.69 Å². The zero-order valence-corrected chi connectivity index (χ0v) is 9.88. The number of nitrogens with zero attached hydrogens (tertiary/aromatic N) is 2. The molecule has 1 aliphatic heterocycles. The van der Waals surface area contributed by atoms with E-state index in [-0.39, 0.29) is 16.4 Å². The van der Waals surface area contributed by atoms with Gasteiger partial charge in [0.2, 0.25) is 5.91 Å². The van der Waals surface area contributed by atoms with E-state index in [0.29, 0.717) is 18.7 Å². The van der Waals surface area contributed by atoms with Crippen LogP contribution in [0.3, 0.4) is 0 Å². The lowest BCUT2D eigenvalue weighted by Gasteiger charge is -2.15. The summed E-state index contributed by atoms with van der Waals surface area (Å²) in [6, 6.07) is 6.29. The minimum Gasteiger partial charge on any atom is -0.305 e. The Morgan fingerprint density at radius 2 is 2.12 bits per heavy atom. The molecule has 16 heavy (non-hydrogen) atoms. The van der Waals surface area contributed by atoms with E-state index in [2.05, 4.69) is 15.9 Å². The number of anilines is 1. The van der Waals surface area contributed by atoms with Crippen LogP contribution < -0.4 is 4.90 Å². The SMILES string of the molecule is O=C1CC(Br)CN1c1ccccc1[N+](=O)[O-]. The molecule has 1 atom stereocenters. The van der Waals surface area contributed by atoms with Gasteiger partial charge in [0, 0.05) is 23.9 Å². The Labute approximate surface area is 100 Å². The smallest absolute Gasteiger partial charge is 0.292 e. The minimum absolute atomic E-state index is 0.0301. The maximum absolute atomic E-state index is 11.6. The van der Waals surface area contributed by atoms with Crippen LogP contribution in [0.1, 0.15) is 6.42 Å². The van der Waals surface area contributed by atoms with Crippen molar-refractivity contribution in [3.8, 4) is 0 Å². The number of carbonyl (C=O) groups is 1. The lowest BCUT2D eigenvalue weighted by molar-refractivity contribution is -0.384. The Hall–Kier alpha value is -1.43. The van der Waals surface area contributed by atoms with Crippen molar-refractivity contribution in [2.45, 2.75) is 11.2 Å². The van der Waals surface area contributed by atoms with Crippen molar-refractivity contribution in [2.24, 2.45) is 0 Å². The molecular weight excluding hydrogens is 276 g/mol. The predicted molar refractivity (Wildman–Crippen MR) is 62.8 cm³/mol. The normalized spacial score (nSPS) is 20.2. The third-order valence-electron chi connectivity index (χ3n) is 2.45. The van der Waals surface area contributed by atoms with Crippen LogP contribution in [-0.2, 0) is 4.79 Å². The fourth-order valence-corrected chi connectivity index (χ4v) is 2.31. The monoisotopic (exact) mass is 284 g/mol. The first kappa shape index (κ1) is 11.1. The molecule has 1 unspecified atom stereocenters. The van der Waals surface area contributed by atoms with Gasteiger partial charge in [-0.25, -0.2) is 0 Å². The Bertz CT molecular complexity index is 449. The van der Waals surface area contributed by atoms with Gasteiger partial charge in [0.1, 0.15) is 5.69 Å². The van der Waals surface area contributed by atoms with E-state index in [9.17, 15) is 14.9 Å². The molecule has 1 fully saturated rings. The molecule has 1 aromatic rings. The van der Waals surface area contributed by atoms with Crippen molar-refractivity contribution < 1.29 is 9.72 Å². The highest BCUT2D eigenvalue weighted by Crippen LogP contribution is 2.32. The maximum atomic E-state index is 11.6. The Morgan fingerprint density at radius 3 is 2.69 bits per heavy atom. The molecule has 84 valence electrons. The first-order valence-corrected chi connectivity index (χ1v) is 5.69. The Morgan fingerprint density at radius 1 is 1.44 bits per heavy atom. The molecule has 1 saturated heterocycles. The molecular formula is C10H9BrN2O3. The highest BCUT2D eigenvalue weighted by molar-refractivity contribution is 9.09. The van der Waals surface area contributed by atoms with Gasteiger partial charge in [-0.1, -0.05) is 28.1 Å². The van der Waals surface area contributed by atoms with Gasteiger partial charge in [-0.3, -0.25) is 14.9 Å². The summed E-state index contributed by atoms with van der Waals surface area (Å²) < 4.78 is 0. The van der Waals surface area contributed by atoms with E-state index >= 15 is 0 Å². The summed E-state index contributed by atoms with van der Waals surface area (Å²) in [4.78, 5) is 23.5. The second-order valence-corrected chi connectivity index (χ2v) is 4.85.